The van der Waals surface area contributed by atoms with Crippen molar-refractivity contribution in [2.45, 2.75) is 64.6 Å². The molecule has 120 valence electrons. The molecule has 1 aliphatic rings. The van der Waals surface area contributed by atoms with E-state index in [4.69, 9.17) is 14.6 Å². The predicted octanol–water partition coefficient (Wildman–Crippen LogP) is 4.32. The molecule has 1 heterocycles. The second-order valence-electron chi connectivity index (χ2n) is 5.36. The van der Waals surface area contributed by atoms with Crippen LogP contribution in [0, 0.1) is 0 Å². The van der Waals surface area contributed by atoms with Gasteiger partial charge in [0.15, 0.2) is 0 Å². The third-order valence-electron chi connectivity index (χ3n) is 3.58. The van der Waals surface area contributed by atoms with Gasteiger partial charge in [0.2, 0.25) is 6.29 Å². The minimum absolute atomic E-state index is 0.00944. The molecule has 3 nitrogen and oxygen atoms in total. The van der Waals surface area contributed by atoms with Crippen LogP contribution < -0.4 is 4.74 Å². The molecule has 0 bridgehead atoms. The summed E-state index contributed by atoms with van der Waals surface area (Å²) in [7, 11) is 1.00. The molecule has 3 heteroatoms. The van der Waals surface area contributed by atoms with Crippen molar-refractivity contribution in [3.63, 3.8) is 0 Å². The van der Waals surface area contributed by atoms with Gasteiger partial charge in [-0.3, -0.25) is 0 Å². The number of rotatable bonds is 10. The van der Waals surface area contributed by atoms with E-state index in [1.165, 1.54) is 50.5 Å². The summed E-state index contributed by atoms with van der Waals surface area (Å²) in [5.41, 5.74) is 1.33. The van der Waals surface area contributed by atoms with Crippen LogP contribution in [-0.4, -0.2) is 25.1 Å². The van der Waals surface area contributed by atoms with E-state index in [2.05, 4.69) is 25.1 Å². The monoisotopic (exact) mass is 294 g/mol. The summed E-state index contributed by atoms with van der Waals surface area (Å²) in [6.07, 6.45) is 10.6. The van der Waals surface area contributed by atoms with E-state index < -0.39 is 0 Å². The largest absolute Gasteiger partial charge is 0.462 e. The fourth-order valence-corrected chi connectivity index (χ4v) is 2.35. The van der Waals surface area contributed by atoms with E-state index in [-0.39, 0.29) is 6.29 Å². The lowest BCUT2D eigenvalue weighted by Gasteiger charge is -2.09. The van der Waals surface area contributed by atoms with Crippen molar-refractivity contribution in [2.24, 2.45) is 0 Å². The number of aryl methyl sites for hydroxylation is 1. The molecular weight excluding hydrogens is 264 g/mol. The lowest BCUT2D eigenvalue weighted by atomic mass is 10.0. The molecular formula is C18H30O3. The Labute approximate surface area is 129 Å². The molecule has 1 aromatic carbocycles. The fraction of sp³-hybridized carbons (Fsp3) is 0.667. The molecule has 1 unspecified atom stereocenters. The van der Waals surface area contributed by atoms with E-state index in [1.54, 1.807) is 0 Å². The van der Waals surface area contributed by atoms with Gasteiger partial charge in [-0.1, -0.05) is 63.6 Å². The van der Waals surface area contributed by atoms with Crippen molar-refractivity contribution in [1.82, 2.24) is 0 Å². The Hall–Kier alpha value is -1.06. The van der Waals surface area contributed by atoms with Gasteiger partial charge in [-0.25, -0.2) is 0 Å². The quantitative estimate of drug-likeness (QED) is 0.516. The number of unbranched alkanes of at least 4 members (excludes halogenated alkanes) is 6. The Kier molecular flexibility index (Phi) is 9.92. The summed E-state index contributed by atoms with van der Waals surface area (Å²) in [5.74, 6) is 1.01. The number of para-hydroxylation sites is 1. The Morgan fingerprint density at radius 2 is 1.67 bits per heavy atom. The van der Waals surface area contributed by atoms with Crippen molar-refractivity contribution >= 4 is 0 Å². The first-order valence-electron chi connectivity index (χ1n) is 8.21. The summed E-state index contributed by atoms with van der Waals surface area (Å²) in [5, 5.41) is 7.00. The van der Waals surface area contributed by atoms with Crippen LogP contribution in [-0.2, 0) is 11.2 Å². The normalized spacial score (nSPS) is 16.0. The van der Waals surface area contributed by atoms with E-state index in [0.29, 0.717) is 0 Å². The highest BCUT2D eigenvalue weighted by Gasteiger charge is 2.25. The summed E-state index contributed by atoms with van der Waals surface area (Å²) in [4.78, 5) is 0. The second-order valence-corrected chi connectivity index (χ2v) is 5.36. The zero-order valence-electron chi connectivity index (χ0n) is 13.5. The van der Waals surface area contributed by atoms with Crippen molar-refractivity contribution in [3.8, 4) is 5.75 Å². The van der Waals surface area contributed by atoms with Crippen LogP contribution in [0.5, 0.6) is 5.75 Å². The van der Waals surface area contributed by atoms with Crippen molar-refractivity contribution in [3.05, 3.63) is 29.8 Å². The minimum Gasteiger partial charge on any atom is -0.462 e. The highest BCUT2D eigenvalue weighted by Crippen LogP contribution is 2.25. The van der Waals surface area contributed by atoms with E-state index in [0.717, 1.165) is 25.9 Å². The Morgan fingerprint density at radius 1 is 1.05 bits per heavy atom. The van der Waals surface area contributed by atoms with Crippen LogP contribution in [0.4, 0.5) is 0 Å². The van der Waals surface area contributed by atoms with Crippen molar-refractivity contribution in [2.75, 3.05) is 13.7 Å². The third kappa shape index (κ3) is 8.08. The number of aliphatic hydroxyl groups is 1. The SMILES string of the molecule is CCCCCCCCCc1ccccc1OC1CO1.CO. The summed E-state index contributed by atoms with van der Waals surface area (Å²) >= 11 is 0. The summed E-state index contributed by atoms with van der Waals surface area (Å²) < 4.78 is 10.9. The summed E-state index contributed by atoms with van der Waals surface area (Å²) in [6.45, 7) is 3.01. The maximum atomic E-state index is 7.00. The van der Waals surface area contributed by atoms with Gasteiger partial charge in [-0.15, -0.1) is 0 Å². The molecule has 1 saturated heterocycles. The molecule has 0 aliphatic carbocycles. The zero-order valence-corrected chi connectivity index (χ0v) is 13.5. The molecule has 1 aliphatic heterocycles. The maximum Gasteiger partial charge on any atom is 0.223 e. The molecule has 0 radical (unpaired) electrons. The third-order valence-corrected chi connectivity index (χ3v) is 3.58. The molecule has 0 aromatic heterocycles. The van der Waals surface area contributed by atoms with Crippen molar-refractivity contribution in [1.29, 1.82) is 0 Å². The van der Waals surface area contributed by atoms with Crippen LogP contribution >= 0.6 is 0 Å². The van der Waals surface area contributed by atoms with Crippen LogP contribution in [0.1, 0.15) is 57.4 Å². The molecule has 0 amide bonds. The van der Waals surface area contributed by atoms with Crippen LogP contribution in [0.2, 0.25) is 0 Å². The topological polar surface area (TPSA) is 42.0 Å². The lowest BCUT2D eigenvalue weighted by molar-refractivity contribution is 0.177. The van der Waals surface area contributed by atoms with Gasteiger partial charge in [0.1, 0.15) is 12.4 Å². The average molecular weight is 294 g/mol. The number of hydrogen-bond acceptors (Lipinski definition) is 3. The number of ether oxygens (including phenoxy) is 2. The molecule has 1 aromatic rings. The zero-order chi connectivity index (χ0) is 15.3. The van der Waals surface area contributed by atoms with Crippen LogP contribution in [0.3, 0.4) is 0 Å². The predicted molar refractivity (Wildman–Crippen MR) is 86.6 cm³/mol. The molecule has 0 saturated carbocycles. The first-order chi connectivity index (χ1) is 10.4. The Morgan fingerprint density at radius 3 is 2.33 bits per heavy atom. The number of epoxide rings is 1. The molecule has 1 atom stereocenters. The van der Waals surface area contributed by atoms with Gasteiger partial charge in [-0.05, 0) is 24.5 Å². The van der Waals surface area contributed by atoms with E-state index in [9.17, 15) is 0 Å². The highest BCUT2D eigenvalue weighted by atomic mass is 16.8. The van der Waals surface area contributed by atoms with Gasteiger partial charge >= 0.3 is 0 Å². The first-order valence-corrected chi connectivity index (χ1v) is 8.21. The average Bonchev–Trinajstić information content (AvgIpc) is 3.34. The Balaban J connectivity index is 0.00000106. The number of aliphatic hydroxyl groups excluding tert-OH is 1. The number of benzene rings is 1. The highest BCUT2D eigenvalue weighted by molar-refractivity contribution is 5.33. The fourth-order valence-electron chi connectivity index (χ4n) is 2.35. The smallest absolute Gasteiger partial charge is 0.223 e. The maximum absolute atomic E-state index is 7.00. The van der Waals surface area contributed by atoms with Crippen LogP contribution in [0.25, 0.3) is 0 Å². The minimum atomic E-state index is 0.00944. The molecule has 1 fully saturated rings. The Bertz CT molecular complexity index is 361. The molecule has 1 N–H and O–H groups in total. The molecule has 0 spiro atoms. The van der Waals surface area contributed by atoms with Gasteiger partial charge in [0, 0.05) is 7.11 Å². The van der Waals surface area contributed by atoms with Gasteiger partial charge in [0.05, 0.1) is 0 Å². The van der Waals surface area contributed by atoms with E-state index >= 15 is 0 Å². The van der Waals surface area contributed by atoms with Gasteiger partial charge in [0.25, 0.3) is 0 Å². The first kappa shape index (κ1) is 18.0. The van der Waals surface area contributed by atoms with Gasteiger partial charge in [-0.2, -0.15) is 0 Å². The second kappa shape index (κ2) is 11.6. The standard InChI is InChI=1S/C17H26O2.CH4O/c1-2-3-4-5-6-7-8-11-15-12-9-10-13-16(15)19-17-14-18-17;1-2/h9-10,12-13,17H,2-8,11,14H2,1H3;2H,1H3. The van der Waals surface area contributed by atoms with Gasteiger partial charge < -0.3 is 14.6 Å². The lowest BCUT2D eigenvalue weighted by Crippen LogP contribution is -2.01. The van der Waals surface area contributed by atoms with E-state index in [1.807, 2.05) is 6.07 Å². The van der Waals surface area contributed by atoms with Crippen LogP contribution in [0.15, 0.2) is 24.3 Å². The molecule has 2 rings (SSSR count). The van der Waals surface area contributed by atoms with Crippen molar-refractivity contribution < 1.29 is 14.6 Å². The summed E-state index contributed by atoms with van der Waals surface area (Å²) in [6, 6.07) is 8.36. The molecule has 21 heavy (non-hydrogen) atoms. The number of hydrogen-bond donors (Lipinski definition) is 1.